The maximum Gasteiger partial charge on any atom is 0.420 e. The number of nitro benzene ring substituents is 1. The summed E-state index contributed by atoms with van der Waals surface area (Å²) in [5.41, 5.74) is -3.15. The van der Waals surface area contributed by atoms with E-state index in [1.165, 1.54) is 0 Å². The Kier molecular flexibility index (Phi) is 5.00. The Morgan fingerprint density at radius 1 is 1.36 bits per heavy atom. The summed E-state index contributed by atoms with van der Waals surface area (Å²) in [4.78, 5) is 20.9. The van der Waals surface area contributed by atoms with Crippen LogP contribution in [0, 0.1) is 16.0 Å². The summed E-state index contributed by atoms with van der Waals surface area (Å²) in [5, 5.41) is 29.4. The monoisotopic (exact) mass is 321 g/mol. The molecule has 0 heterocycles. The number of aliphatic carboxylic acids is 1. The Labute approximate surface area is 123 Å². The highest BCUT2D eigenvalue weighted by molar-refractivity contribution is 5.77. The smallest absolute Gasteiger partial charge is 0.420 e. The molecule has 0 aromatic heterocycles. The van der Waals surface area contributed by atoms with Gasteiger partial charge >= 0.3 is 17.8 Å². The minimum absolute atomic E-state index is 0.00849. The number of hydrogen-bond donors (Lipinski definition) is 2. The van der Waals surface area contributed by atoms with Crippen molar-refractivity contribution in [1.29, 1.82) is 0 Å². The van der Waals surface area contributed by atoms with E-state index in [1.807, 2.05) is 0 Å². The van der Waals surface area contributed by atoms with Crippen LogP contribution in [0.2, 0.25) is 0 Å². The lowest BCUT2D eigenvalue weighted by Crippen LogP contribution is -2.16. The number of carbonyl (C=O) groups is 1. The molecular formula is C13H14F3NO5. The number of halogens is 3. The largest absolute Gasteiger partial charge is 0.502 e. The normalized spacial score (nSPS) is 13.2. The number of benzene rings is 1. The van der Waals surface area contributed by atoms with Gasteiger partial charge in [0.25, 0.3) is 0 Å². The van der Waals surface area contributed by atoms with Gasteiger partial charge in [0.15, 0.2) is 0 Å². The third-order valence-corrected chi connectivity index (χ3v) is 3.02. The van der Waals surface area contributed by atoms with Crippen LogP contribution in [0.15, 0.2) is 12.1 Å². The molecule has 1 rings (SSSR count). The lowest BCUT2D eigenvalue weighted by atomic mass is 9.89. The van der Waals surface area contributed by atoms with Crippen LogP contribution < -0.4 is 0 Å². The third kappa shape index (κ3) is 3.86. The second kappa shape index (κ2) is 6.20. The molecule has 0 aliphatic carbocycles. The van der Waals surface area contributed by atoms with Gasteiger partial charge in [0.05, 0.1) is 10.8 Å². The average Bonchev–Trinajstić information content (AvgIpc) is 2.34. The van der Waals surface area contributed by atoms with Gasteiger partial charge in [-0.1, -0.05) is 13.8 Å². The number of nitrogens with zero attached hydrogens (tertiary/aromatic N) is 1. The number of rotatable bonds is 5. The van der Waals surface area contributed by atoms with E-state index < -0.39 is 40.0 Å². The molecule has 1 atom stereocenters. The van der Waals surface area contributed by atoms with Crippen molar-refractivity contribution in [3.05, 3.63) is 33.4 Å². The maximum absolute atomic E-state index is 12.9. The zero-order valence-electron chi connectivity index (χ0n) is 11.7. The van der Waals surface area contributed by atoms with E-state index in [1.54, 1.807) is 13.8 Å². The van der Waals surface area contributed by atoms with Crippen LogP contribution >= 0.6 is 0 Å². The SMILES string of the molecule is CC(C)CC(C(=O)O)c1cc([N+](=O)[O-])c(O)c(C(F)(F)F)c1. The predicted octanol–water partition coefficient (Wildman–Crippen LogP) is 3.53. The quantitative estimate of drug-likeness (QED) is 0.638. The van der Waals surface area contributed by atoms with Crippen molar-refractivity contribution in [2.75, 3.05) is 0 Å². The molecule has 9 heteroatoms. The lowest BCUT2D eigenvalue weighted by Gasteiger charge is -2.17. The summed E-state index contributed by atoms with van der Waals surface area (Å²) in [6, 6.07) is 1.12. The van der Waals surface area contributed by atoms with Gasteiger partial charge in [0.2, 0.25) is 5.75 Å². The van der Waals surface area contributed by atoms with E-state index in [2.05, 4.69) is 0 Å². The first-order chi connectivity index (χ1) is 9.95. The van der Waals surface area contributed by atoms with Gasteiger partial charge in [0.1, 0.15) is 5.56 Å². The van der Waals surface area contributed by atoms with Crippen molar-refractivity contribution in [2.24, 2.45) is 5.92 Å². The first-order valence-electron chi connectivity index (χ1n) is 6.26. The Morgan fingerprint density at radius 3 is 2.27 bits per heavy atom. The zero-order valence-corrected chi connectivity index (χ0v) is 11.7. The van der Waals surface area contributed by atoms with E-state index in [9.17, 15) is 33.2 Å². The van der Waals surface area contributed by atoms with Crippen LogP contribution in [-0.4, -0.2) is 21.1 Å². The number of carboxylic acids is 1. The molecule has 0 aliphatic heterocycles. The molecule has 2 N–H and O–H groups in total. The molecule has 1 aromatic rings. The summed E-state index contributed by atoms with van der Waals surface area (Å²) in [6.45, 7) is 3.35. The number of phenols is 1. The first-order valence-corrected chi connectivity index (χ1v) is 6.26. The van der Waals surface area contributed by atoms with Gasteiger partial charge in [-0.05, 0) is 24.0 Å². The van der Waals surface area contributed by atoms with Gasteiger partial charge in [-0.25, -0.2) is 0 Å². The highest BCUT2D eigenvalue weighted by Crippen LogP contribution is 2.43. The molecule has 1 aromatic carbocycles. The molecule has 0 spiro atoms. The van der Waals surface area contributed by atoms with Crippen LogP contribution in [0.3, 0.4) is 0 Å². The molecular weight excluding hydrogens is 307 g/mol. The van der Waals surface area contributed by atoms with Crippen molar-refractivity contribution in [3.63, 3.8) is 0 Å². The average molecular weight is 321 g/mol. The Hall–Kier alpha value is -2.32. The second-order valence-corrected chi connectivity index (χ2v) is 5.21. The van der Waals surface area contributed by atoms with Crippen molar-refractivity contribution in [1.82, 2.24) is 0 Å². The first kappa shape index (κ1) is 17.7. The summed E-state index contributed by atoms with van der Waals surface area (Å²) in [5.74, 6) is -4.39. The number of carboxylic acid groups (broad SMARTS) is 1. The molecule has 0 saturated carbocycles. The van der Waals surface area contributed by atoms with E-state index in [0.29, 0.717) is 12.1 Å². The number of nitro groups is 1. The highest BCUT2D eigenvalue weighted by Gasteiger charge is 2.39. The van der Waals surface area contributed by atoms with E-state index >= 15 is 0 Å². The molecule has 0 fully saturated rings. The van der Waals surface area contributed by atoms with Gasteiger partial charge in [-0.2, -0.15) is 13.2 Å². The van der Waals surface area contributed by atoms with E-state index in [4.69, 9.17) is 5.11 Å². The fourth-order valence-electron chi connectivity index (χ4n) is 2.05. The minimum Gasteiger partial charge on any atom is -0.502 e. The summed E-state index contributed by atoms with van der Waals surface area (Å²) < 4.78 is 38.6. The molecule has 6 nitrogen and oxygen atoms in total. The molecule has 0 radical (unpaired) electrons. The maximum atomic E-state index is 12.9. The van der Waals surface area contributed by atoms with Crippen molar-refractivity contribution < 1.29 is 33.1 Å². The minimum atomic E-state index is -5.04. The molecule has 1 unspecified atom stereocenters. The molecule has 0 aliphatic rings. The van der Waals surface area contributed by atoms with Crippen LogP contribution in [0.5, 0.6) is 5.75 Å². The van der Waals surface area contributed by atoms with Gasteiger partial charge in [-0.15, -0.1) is 0 Å². The van der Waals surface area contributed by atoms with E-state index in [-0.39, 0.29) is 17.9 Å². The molecule has 0 saturated heterocycles. The van der Waals surface area contributed by atoms with Crippen molar-refractivity contribution >= 4 is 11.7 Å². The molecule has 122 valence electrons. The van der Waals surface area contributed by atoms with Crippen molar-refractivity contribution in [2.45, 2.75) is 32.4 Å². The number of alkyl halides is 3. The highest BCUT2D eigenvalue weighted by atomic mass is 19.4. The summed E-state index contributed by atoms with van der Waals surface area (Å²) in [6.07, 6.45) is -5.03. The zero-order chi connectivity index (χ0) is 17.2. The summed E-state index contributed by atoms with van der Waals surface area (Å²) in [7, 11) is 0. The van der Waals surface area contributed by atoms with Crippen LogP contribution in [0.25, 0.3) is 0 Å². The van der Waals surface area contributed by atoms with Crippen LogP contribution in [-0.2, 0) is 11.0 Å². The standard InChI is InChI=1S/C13H14F3NO5/c1-6(2)3-8(12(19)20)7-4-9(13(14,15)16)11(18)10(5-7)17(21)22/h4-6,8,18H,3H2,1-2H3,(H,19,20). The van der Waals surface area contributed by atoms with Gasteiger partial charge in [0, 0.05) is 6.07 Å². The topological polar surface area (TPSA) is 101 Å². The Morgan fingerprint density at radius 2 is 1.91 bits per heavy atom. The number of phenolic OH excluding ortho intramolecular Hbond substituents is 1. The predicted molar refractivity (Wildman–Crippen MR) is 69.6 cm³/mol. The van der Waals surface area contributed by atoms with E-state index in [0.717, 1.165) is 0 Å². The Bertz CT molecular complexity index is 598. The second-order valence-electron chi connectivity index (χ2n) is 5.21. The molecule has 0 amide bonds. The fourth-order valence-corrected chi connectivity index (χ4v) is 2.05. The summed E-state index contributed by atoms with van der Waals surface area (Å²) >= 11 is 0. The number of aromatic hydroxyl groups is 1. The fraction of sp³-hybridized carbons (Fsp3) is 0.462. The van der Waals surface area contributed by atoms with Gasteiger partial charge < -0.3 is 10.2 Å². The number of hydrogen-bond acceptors (Lipinski definition) is 4. The van der Waals surface area contributed by atoms with Crippen molar-refractivity contribution in [3.8, 4) is 5.75 Å². The molecule has 0 bridgehead atoms. The molecule has 22 heavy (non-hydrogen) atoms. The van der Waals surface area contributed by atoms with Crippen LogP contribution in [0.1, 0.15) is 37.3 Å². The lowest BCUT2D eigenvalue weighted by molar-refractivity contribution is -0.386. The third-order valence-electron chi connectivity index (χ3n) is 3.02. The van der Waals surface area contributed by atoms with Crippen LogP contribution in [0.4, 0.5) is 18.9 Å². The Balaban J connectivity index is 3.57. The van der Waals surface area contributed by atoms with Gasteiger partial charge in [-0.3, -0.25) is 14.9 Å².